The smallest absolute Gasteiger partial charge is 0.224 e. The first-order chi connectivity index (χ1) is 19.9. The fourth-order valence-electron chi connectivity index (χ4n) is 5.83. The van der Waals surface area contributed by atoms with Crippen molar-refractivity contribution in [1.82, 2.24) is 0 Å². The molecule has 42 heavy (non-hydrogen) atoms. The van der Waals surface area contributed by atoms with Crippen LogP contribution in [0.4, 0.5) is 5.69 Å². The van der Waals surface area contributed by atoms with Gasteiger partial charge in [-0.2, -0.15) is 0 Å². The van der Waals surface area contributed by atoms with Crippen molar-refractivity contribution in [2.24, 2.45) is 10.4 Å². The van der Waals surface area contributed by atoms with E-state index < -0.39 is 0 Å². The average Bonchev–Trinajstić information content (AvgIpc) is 2.94. The van der Waals surface area contributed by atoms with E-state index in [1.165, 1.54) is 81.8 Å². The van der Waals surface area contributed by atoms with Gasteiger partial charge in [-0.15, -0.1) is 17.0 Å². The van der Waals surface area contributed by atoms with E-state index in [2.05, 4.69) is 68.2 Å². The number of benzene rings is 2. The van der Waals surface area contributed by atoms with Gasteiger partial charge in [0.2, 0.25) is 5.91 Å². The molecule has 0 saturated carbocycles. The topological polar surface area (TPSA) is 41.9 Å². The van der Waals surface area contributed by atoms with Crippen LogP contribution in [0.1, 0.15) is 116 Å². The van der Waals surface area contributed by atoms with Crippen molar-refractivity contribution in [2.45, 2.75) is 118 Å². The van der Waals surface area contributed by atoms with E-state index in [-0.39, 0.29) is 28.3 Å². The first-order valence-electron chi connectivity index (χ1n) is 16.2. The number of allylic oxidation sites excluding steroid dienone is 1. The molecular weight excluding hydrogens is 584 g/mol. The summed E-state index contributed by atoms with van der Waals surface area (Å²) in [6.07, 6.45) is 21.3. The van der Waals surface area contributed by atoms with E-state index in [0.29, 0.717) is 6.54 Å². The van der Waals surface area contributed by atoms with Gasteiger partial charge in [-0.1, -0.05) is 115 Å². The van der Waals surface area contributed by atoms with Gasteiger partial charge in [0, 0.05) is 30.8 Å². The molecule has 0 N–H and O–H groups in total. The van der Waals surface area contributed by atoms with Crippen LogP contribution in [0.2, 0.25) is 0 Å². The maximum absolute atomic E-state index is 12.6. The second-order valence-corrected chi connectivity index (χ2v) is 12.3. The highest BCUT2D eigenvalue weighted by Gasteiger charge is 2.24. The van der Waals surface area contributed by atoms with Gasteiger partial charge in [-0.25, -0.2) is 0 Å². The number of ether oxygens (including phenoxy) is 1. The number of anilines is 1. The second-order valence-electron chi connectivity index (χ2n) is 12.3. The number of carbonyl (C=O) groups excluding carboxylic acids is 1. The molecule has 1 heterocycles. The van der Waals surface area contributed by atoms with Crippen molar-refractivity contribution in [3.05, 3.63) is 71.3 Å². The highest BCUT2D eigenvalue weighted by Crippen LogP contribution is 2.30. The first kappa shape index (κ1) is 35.8. The van der Waals surface area contributed by atoms with Crippen molar-refractivity contribution in [3.8, 4) is 5.75 Å². The summed E-state index contributed by atoms with van der Waals surface area (Å²) in [5, 5.41) is 0. The van der Waals surface area contributed by atoms with Gasteiger partial charge >= 0.3 is 0 Å². The number of aliphatic imine (C=N–C) groups is 1. The van der Waals surface area contributed by atoms with Crippen LogP contribution < -0.4 is 9.64 Å². The number of hydrogen-bond acceptors (Lipinski definition) is 3. The standard InChI is InChI=1S/C37H54N2O2.BrH/c1-5-6-7-8-9-10-11-12-13-14-15-16-24-41-36-19-17-18-34(25-36)29-39(32(3)40)35-22-20-33(21-23-35)27-37(4)26-31(2)28-38-30-37;/h17-23,25-26,28H,5-16,24,27,29-30H2,1-4H3;1H. The van der Waals surface area contributed by atoms with E-state index in [0.717, 1.165) is 43.0 Å². The van der Waals surface area contributed by atoms with E-state index in [9.17, 15) is 4.79 Å². The molecular formula is C37H55BrN2O2. The Balaban J connectivity index is 0.00000616. The van der Waals surface area contributed by atoms with Crippen molar-refractivity contribution in [2.75, 3.05) is 18.1 Å². The zero-order valence-electron chi connectivity index (χ0n) is 26.7. The summed E-state index contributed by atoms with van der Waals surface area (Å²) in [5.74, 6) is 0.920. The minimum Gasteiger partial charge on any atom is -0.494 e. The van der Waals surface area contributed by atoms with Crippen LogP contribution in [-0.2, 0) is 17.8 Å². The molecule has 1 aliphatic rings. The molecule has 0 aromatic heterocycles. The Bertz CT molecular complexity index is 1110. The van der Waals surface area contributed by atoms with Crippen LogP contribution >= 0.6 is 17.0 Å². The molecule has 2 aromatic rings. The SMILES string of the molecule is Br.CCCCCCCCCCCCCCOc1cccc(CN(C(C)=O)c2ccc(CC3(C)C=C(C)C=NC3)cc2)c1. The predicted molar refractivity (Wildman–Crippen MR) is 186 cm³/mol. The minimum absolute atomic E-state index is 0. The number of unbranched alkanes of at least 4 members (excludes halogenated alkanes) is 11. The summed E-state index contributed by atoms with van der Waals surface area (Å²) >= 11 is 0. The summed E-state index contributed by atoms with van der Waals surface area (Å²) in [6, 6.07) is 16.6. The summed E-state index contributed by atoms with van der Waals surface area (Å²) in [6.45, 7) is 10.4. The largest absolute Gasteiger partial charge is 0.494 e. The molecule has 0 aliphatic carbocycles. The van der Waals surface area contributed by atoms with Gasteiger partial charge in [-0.05, 0) is 60.7 Å². The molecule has 0 fully saturated rings. The van der Waals surface area contributed by atoms with Gasteiger partial charge in [-0.3, -0.25) is 9.79 Å². The zero-order chi connectivity index (χ0) is 29.3. The monoisotopic (exact) mass is 638 g/mol. The van der Waals surface area contributed by atoms with Crippen LogP contribution in [0.3, 0.4) is 0 Å². The van der Waals surface area contributed by atoms with Crippen LogP contribution in [-0.4, -0.2) is 25.3 Å². The van der Waals surface area contributed by atoms with E-state index >= 15 is 0 Å². The van der Waals surface area contributed by atoms with Crippen molar-refractivity contribution in [1.29, 1.82) is 0 Å². The normalized spacial score (nSPS) is 16.0. The summed E-state index contributed by atoms with van der Waals surface area (Å²) in [4.78, 5) is 19.0. The van der Waals surface area contributed by atoms with Gasteiger partial charge in [0.25, 0.3) is 0 Å². The number of dihydropyridines is 1. The average molecular weight is 640 g/mol. The molecule has 232 valence electrons. The molecule has 1 amide bonds. The lowest BCUT2D eigenvalue weighted by Crippen LogP contribution is -2.28. The minimum atomic E-state index is 0. The lowest BCUT2D eigenvalue weighted by molar-refractivity contribution is -0.116. The number of halogens is 1. The number of rotatable bonds is 19. The molecule has 1 atom stereocenters. The van der Waals surface area contributed by atoms with Gasteiger partial charge < -0.3 is 9.64 Å². The molecule has 2 aromatic carbocycles. The van der Waals surface area contributed by atoms with E-state index in [1.807, 2.05) is 23.2 Å². The Kier molecular flexibility index (Phi) is 16.8. The molecule has 4 nitrogen and oxygen atoms in total. The van der Waals surface area contributed by atoms with E-state index in [4.69, 9.17) is 4.74 Å². The highest BCUT2D eigenvalue weighted by molar-refractivity contribution is 8.93. The quantitative estimate of drug-likeness (QED) is 0.144. The molecule has 3 rings (SSSR count). The Morgan fingerprint density at radius 1 is 0.881 bits per heavy atom. The third kappa shape index (κ3) is 13.3. The van der Waals surface area contributed by atoms with Crippen LogP contribution in [0.25, 0.3) is 0 Å². The van der Waals surface area contributed by atoms with Crippen LogP contribution in [0.5, 0.6) is 5.75 Å². The van der Waals surface area contributed by atoms with Gasteiger partial charge in [0.1, 0.15) is 5.75 Å². The van der Waals surface area contributed by atoms with Crippen LogP contribution in [0.15, 0.2) is 65.2 Å². The van der Waals surface area contributed by atoms with Gasteiger partial charge in [0.05, 0.1) is 13.2 Å². The molecule has 0 radical (unpaired) electrons. The molecule has 0 bridgehead atoms. The molecule has 1 unspecified atom stereocenters. The van der Waals surface area contributed by atoms with Crippen LogP contribution in [0, 0.1) is 5.41 Å². The molecule has 1 aliphatic heterocycles. The maximum Gasteiger partial charge on any atom is 0.224 e. The number of hydrogen-bond donors (Lipinski definition) is 0. The van der Waals surface area contributed by atoms with Gasteiger partial charge in [0.15, 0.2) is 0 Å². The number of nitrogens with zero attached hydrogens (tertiary/aromatic N) is 2. The molecule has 5 heteroatoms. The number of carbonyl (C=O) groups is 1. The summed E-state index contributed by atoms with van der Waals surface area (Å²) in [7, 11) is 0. The summed E-state index contributed by atoms with van der Waals surface area (Å²) in [5.41, 5.74) is 4.51. The zero-order valence-corrected chi connectivity index (χ0v) is 28.4. The predicted octanol–water partition coefficient (Wildman–Crippen LogP) is 10.5. The fourth-order valence-corrected chi connectivity index (χ4v) is 5.83. The highest BCUT2D eigenvalue weighted by atomic mass is 79.9. The lowest BCUT2D eigenvalue weighted by Gasteiger charge is -2.28. The third-order valence-corrected chi connectivity index (χ3v) is 8.07. The van der Waals surface area contributed by atoms with Crippen molar-refractivity contribution >= 4 is 34.8 Å². The second kappa shape index (κ2) is 19.7. The van der Waals surface area contributed by atoms with E-state index in [1.54, 1.807) is 6.92 Å². The maximum atomic E-state index is 12.6. The fraction of sp³-hybridized carbons (Fsp3) is 0.568. The molecule has 0 saturated heterocycles. The Morgan fingerprint density at radius 3 is 2.10 bits per heavy atom. The Labute approximate surface area is 266 Å². The van der Waals surface area contributed by atoms with Crippen molar-refractivity contribution < 1.29 is 9.53 Å². The third-order valence-electron chi connectivity index (χ3n) is 8.07. The number of amides is 1. The summed E-state index contributed by atoms with van der Waals surface area (Å²) < 4.78 is 6.07. The molecule has 0 spiro atoms. The first-order valence-corrected chi connectivity index (χ1v) is 16.2. The Morgan fingerprint density at radius 2 is 1.50 bits per heavy atom. The van der Waals surface area contributed by atoms with Crippen molar-refractivity contribution in [3.63, 3.8) is 0 Å². The Hall–Kier alpha value is -2.40. The lowest BCUT2D eigenvalue weighted by atomic mass is 9.81.